The van der Waals surface area contributed by atoms with Crippen LogP contribution in [0.2, 0.25) is 5.15 Å². The van der Waals surface area contributed by atoms with Gasteiger partial charge < -0.3 is 5.32 Å². The lowest BCUT2D eigenvalue weighted by Gasteiger charge is -2.14. The van der Waals surface area contributed by atoms with Crippen molar-refractivity contribution in [2.24, 2.45) is 0 Å². The van der Waals surface area contributed by atoms with E-state index in [-0.39, 0.29) is 5.78 Å². The monoisotopic (exact) mass is 250 g/mol. The molecule has 0 atom stereocenters. The fourth-order valence-electron chi connectivity index (χ4n) is 1.89. The summed E-state index contributed by atoms with van der Waals surface area (Å²) in [5.41, 5.74) is 2.07. The van der Waals surface area contributed by atoms with Gasteiger partial charge in [0.1, 0.15) is 5.15 Å². The van der Waals surface area contributed by atoms with E-state index < -0.39 is 0 Å². The smallest absolute Gasteiger partial charge is 0.157 e. The van der Waals surface area contributed by atoms with Gasteiger partial charge in [0.15, 0.2) is 5.78 Å². The van der Waals surface area contributed by atoms with Crippen molar-refractivity contribution in [3.8, 4) is 0 Å². The highest BCUT2D eigenvalue weighted by Gasteiger charge is 2.09. The molecule has 1 aromatic rings. The van der Waals surface area contributed by atoms with Crippen LogP contribution in [0.15, 0.2) is 30.1 Å². The molecule has 0 aliphatic heterocycles. The number of nitrogens with zero attached hydrogens (tertiary/aromatic N) is 1. The van der Waals surface area contributed by atoms with Crippen LogP contribution in [0.1, 0.15) is 24.8 Å². The first-order valence-corrected chi connectivity index (χ1v) is 6.20. The third-order valence-electron chi connectivity index (χ3n) is 2.79. The number of carbonyl (C=O) groups excluding carboxylic acids is 1. The molecule has 0 spiro atoms. The van der Waals surface area contributed by atoms with E-state index in [1.165, 1.54) is 0 Å². The maximum Gasteiger partial charge on any atom is 0.157 e. The van der Waals surface area contributed by atoms with Crippen LogP contribution in [0.3, 0.4) is 0 Å². The van der Waals surface area contributed by atoms with E-state index in [9.17, 15) is 4.79 Å². The van der Waals surface area contributed by atoms with Crippen LogP contribution in [0.5, 0.6) is 0 Å². The summed E-state index contributed by atoms with van der Waals surface area (Å²) >= 11 is 5.96. The number of aromatic nitrogens is 1. The molecule has 0 unspecified atom stereocenters. The van der Waals surface area contributed by atoms with Crippen LogP contribution in [0.4, 0.5) is 0 Å². The highest BCUT2D eigenvalue weighted by molar-refractivity contribution is 6.30. The number of rotatable bonds is 4. The number of nitrogens with one attached hydrogen (secondary N) is 1. The molecule has 4 heteroatoms. The Morgan fingerprint density at radius 2 is 2.29 bits per heavy atom. The molecule has 17 heavy (non-hydrogen) atoms. The van der Waals surface area contributed by atoms with Gasteiger partial charge in [-0.15, -0.1) is 0 Å². The Morgan fingerprint density at radius 3 is 3.06 bits per heavy atom. The Bertz CT molecular complexity index is 443. The summed E-state index contributed by atoms with van der Waals surface area (Å²) in [7, 11) is 0. The molecular weight excluding hydrogens is 236 g/mol. The van der Waals surface area contributed by atoms with Crippen LogP contribution in [0, 0.1) is 0 Å². The van der Waals surface area contributed by atoms with E-state index in [0.717, 1.165) is 37.1 Å². The van der Waals surface area contributed by atoms with Gasteiger partial charge in [-0.3, -0.25) is 4.79 Å². The van der Waals surface area contributed by atoms with E-state index in [1.54, 1.807) is 12.3 Å². The van der Waals surface area contributed by atoms with E-state index in [4.69, 9.17) is 11.6 Å². The summed E-state index contributed by atoms with van der Waals surface area (Å²) in [6, 6.07) is 3.85. The van der Waals surface area contributed by atoms with Crippen molar-refractivity contribution >= 4 is 17.4 Å². The topological polar surface area (TPSA) is 42.0 Å². The third-order valence-corrected chi connectivity index (χ3v) is 3.13. The van der Waals surface area contributed by atoms with Crippen molar-refractivity contribution in [1.29, 1.82) is 0 Å². The second-order valence-corrected chi connectivity index (χ2v) is 4.48. The fraction of sp³-hybridized carbons (Fsp3) is 0.385. The van der Waals surface area contributed by atoms with Gasteiger partial charge in [-0.25, -0.2) is 4.98 Å². The fourth-order valence-corrected chi connectivity index (χ4v) is 2.11. The van der Waals surface area contributed by atoms with Gasteiger partial charge in [-0.2, -0.15) is 0 Å². The first-order chi connectivity index (χ1) is 8.25. The molecule has 0 aromatic carbocycles. The lowest BCUT2D eigenvalue weighted by Crippen LogP contribution is -2.20. The second kappa shape index (κ2) is 5.82. The number of halogens is 1. The number of carbonyl (C=O) groups is 1. The van der Waals surface area contributed by atoms with E-state index >= 15 is 0 Å². The molecule has 90 valence electrons. The zero-order chi connectivity index (χ0) is 12.1. The largest absolute Gasteiger partial charge is 0.388 e. The Hall–Kier alpha value is -1.35. The number of hydrogen-bond donors (Lipinski definition) is 1. The minimum atomic E-state index is 0.221. The summed E-state index contributed by atoms with van der Waals surface area (Å²) in [4.78, 5) is 15.2. The van der Waals surface area contributed by atoms with Gasteiger partial charge in [0.25, 0.3) is 0 Å². The highest BCUT2D eigenvalue weighted by atomic mass is 35.5. The maximum atomic E-state index is 11.2. The Balaban J connectivity index is 1.84. The predicted octanol–water partition coefficient (Wildman–Crippen LogP) is 2.50. The molecular formula is C13H15ClN2O. The predicted molar refractivity (Wildman–Crippen MR) is 67.9 cm³/mol. The first kappa shape index (κ1) is 12.1. The zero-order valence-corrected chi connectivity index (χ0v) is 10.3. The number of ketones is 1. The van der Waals surface area contributed by atoms with Gasteiger partial charge in [-0.05, 0) is 30.9 Å². The summed E-state index contributed by atoms with van der Waals surface area (Å²) in [6.07, 6.45) is 6.81. The van der Waals surface area contributed by atoms with Crippen molar-refractivity contribution in [3.05, 3.63) is 40.8 Å². The van der Waals surface area contributed by atoms with Gasteiger partial charge >= 0.3 is 0 Å². The molecule has 0 saturated carbocycles. The quantitative estimate of drug-likeness (QED) is 0.835. The minimum Gasteiger partial charge on any atom is -0.388 e. The molecule has 0 fully saturated rings. The minimum absolute atomic E-state index is 0.221. The lowest BCUT2D eigenvalue weighted by atomic mass is 10.0. The maximum absolute atomic E-state index is 11.2. The van der Waals surface area contributed by atoms with Gasteiger partial charge in [0.2, 0.25) is 0 Å². The third kappa shape index (κ3) is 3.56. The normalized spacial score (nSPS) is 15.6. The van der Waals surface area contributed by atoms with Crippen molar-refractivity contribution in [2.75, 3.05) is 6.54 Å². The van der Waals surface area contributed by atoms with Crippen LogP contribution < -0.4 is 5.32 Å². The molecule has 0 radical (unpaired) electrons. The Kier molecular flexibility index (Phi) is 4.15. The molecule has 1 heterocycles. The standard InChI is InChI=1S/C13H15ClN2O/c14-13-10(3-2-7-16-13)6-8-15-11-4-1-5-12(17)9-11/h2-3,7,9,15H,1,4-6,8H2. The molecule has 1 N–H and O–H groups in total. The van der Waals surface area contributed by atoms with E-state index in [0.29, 0.717) is 11.6 Å². The summed E-state index contributed by atoms with van der Waals surface area (Å²) in [6.45, 7) is 0.782. The molecule has 0 bridgehead atoms. The van der Waals surface area contributed by atoms with Gasteiger partial charge in [0, 0.05) is 30.9 Å². The molecule has 2 rings (SSSR count). The average Bonchev–Trinajstić information content (AvgIpc) is 2.32. The second-order valence-electron chi connectivity index (χ2n) is 4.12. The molecule has 1 aliphatic carbocycles. The van der Waals surface area contributed by atoms with Crippen LogP contribution in [0.25, 0.3) is 0 Å². The molecule has 1 aromatic heterocycles. The van der Waals surface area contributed by atoms with Gasteiger partial charge in [-0.1, -0.05) is 17.7 Å². The molecule has 3 nitrogen and oxygen atoms in total. The number of allylic oxidation sites excluding steroid dienone is 2. The zero-order valence-electron chi connectivity index (χ0n) is 9.58. The van der Waals surface area contributed by atoms with Crippen molar-refractivity contribution in [3.63, 3.8) is 0 Å². The van der Waals surface area contributed by atoms with Crippen molar-refractivity contribution < 1.29 is 4.79 Å². The lowest BCUT2D eigenvalue weighted by molar-refractivity contribution is -0.115. The van der Waals surface area contributed by atoms with Crippen LogP contribution in [-0.4, -0.2) is 17.3 Å². The SMILES string of the molecule is O=C1C=C(NCCc2cccnc2Cl)CCC1. The van der Waals surface area contributed by atoms with Crippen molar-refractivity contribution in [2.45, 2.75) is 25.7 Å². The molecule has 0 saturated heterocycles. The number of pyridine rings is 1. The summed E-state index contributed by atoms with van der Waals surface area (Å²) in [5, 5.41) is 3.84. The highest BCUT2D eigenvalue weighted by Crippen LogP contribution is 2.14. The van der Waals surface area contributed by atoms with Crippen LogP contribution in [-0.2, 0) is 11.2 Å². The summed E-state index contributed by atoms with van der Waals surface area (Å²) < 4.78 is 0. The summed E-state index contributed by atoms with van der Waals surface area (Å²) in [5.74, 6) is 0.221. The van der Waals surface area contributed by atoms with E-state index in [2.05, 4.69) is 10.3 Å². The Labute approximate surface area is 106 Å². The van der Waals surface area contributed by atoms with Gasteiger partial charge in [0.05, 0.1) is 0 Å². The van der Waals surface area contributed by atoms with E-state index in [1.807, 2.05) is 12.1 Å². The molecule has 1 aliphatic rings. The Morgan fingerprint density at radius 1 is 1.41 bits per heavy atom. The number of hydrogen-bond acceptors (Lipinski definition) is 3. The molecule has 0 amide bonds. The average molecular weight is 251 g/mol. The van der Waals surface area contributed by atoms with Crippen molar-refractivity contribution in [1.82, 2.24) is 10.3 Å². The van der Waals surface area contributed by atoms with Crippen LogP contribution >= 0.6 is 11.6 Å². The first-order valence-electron chi connectivity index (χ1n) is 5.82.